The smallest absolute Gasteiger partial charge is 0.337 e. The second-order valence-corrected chi connectivity index (χ2v) is 5.18. The van der Waals surface area contributed by atoms with Crippen LogP contribution in [0, 0.1) is 11.3 Å². The molecule has 21 heavy (non-hydrogen) atoms. The predicted molar refractivity (Wildman–Crippen MR) is 81.0 cm³/mol. The molecule has 0 heterocycles. The van der Waals surface area contributed by atoms with Crippen molar-refractivity contribution in [1.82, 2.24) is 0 Å². The maximum atomic E-state index is 11.3. The van der Waals surface area contributed by atoms with Crippen LogP contribution < -0.4 is 4.74 Å². The van der Waals surface area contributed by atoms with Crippen LogP contribution in [0.4, 0.5) is 0 Å². The second-order valence-electron chi connectivity index (χ2n) is 4.26. The van der Waals surface area contributed by atoms with Crippen molar-refractivity contribution in [2.45, 2.75) is 6.61 Å². The molecule has 0 unspecified atom stereocenters. The lowest BCUT2D eigenvalue weighted by Gasteiger charge is -2.08. The van der Waals surface area contributed by atoms with E-state index in [1.54, 1.807) is 42.5 Å². The molecule has 4 nitrogen and oxygen atoms in total. The molecule has 0 fully saturated rings. The number of halogens is 1. The van der Waals surface area contributed by atoms with Gasteiger partial charge in [0.2, 0.25) is 0 Å². The molecule has 0 aliphatic carbocycles. The van der Waals surface area contributed by atoms with Gasteiger partial charge in [-0.1, -0.05) is 28.1 Å². The molecule has 0 bridgehead atoms. The molecule has 2 rings (SSSR count). The Balaban J connectivity index is 2.05. The van der Waals surface area contributed by atoms with E-state index in [-0.39, 0.29) is 5.97 Å². The summed E-state index contributed by atoms with van der Waals surface area (Å²) >= 11 is 3.33. The first-order chi connectivity index (χ1) is 10.1. The summed E-state index contributed by atoms with van der Waals surface area (Å²) in [5.74, 6) is 0.242. The average molecular weight is 346 g/mol. The van der Waals surface area contributed by atoms with Gasteiger partial charge in [-0.2, -0.15) is 5.26 Å². The summed E-state index contributed by atoms with van der Waals surface area (Å²) in [7, 11) is 1.35. The first kappa shape index (κ1) is 15.1. The number of hydrogen-bond donors (Lipinski definition) is 0. The van der Waals surface area contributed by atoms with E-state index in [1.165, 1.54) is 7.11 Å². The first-order valence-corrected chi connectivity index (χ1v) is 6.92. The molecule has 0 saturated carbocycles. The highest BCUT2D eigenvalue weighted by Gasteiger charge is 2.05. The van der Waals surface area contributed by atoms with E-state index < -0.39 is 0 Å². The van der Waals surface area contributed by atoms with Gasteiger partial charge in [-0.15, -0.1) is 0 Å². The average Bonchev–Trinajstić information content (AvgIpc) is 2.52. The van der Waals surface area contributed by atoms with Gasteiger partial charge in [-0.3, -0.25) is 0 Å². The number of carbonyl (C=O) groups is 1. The minimum Gasteiger partial charge on any atom is -0.489 e. The van der Waals surface area contributed by atoms with Crippen LogP contribution in [0.5, 0.6) is 5.75 Å². The van der Waals surface area contributed by atoms with Crippen LogP contribution >= 0.6 is 15.9 Å². The van der Waals surface area contributed by atoms with Gasteiger partial charge in [0.05, 0.1) is 24.3 Å². The lowest BCUT2D eigenvalue weighted by atomic mass is 10.1. The number of nitriles is 1. The van der Waals surface area contributed by atoms with Gasteiger partial charge in [0.25, 0.3) is 0 Å². The molecule has 0 aromatic heterocycles. The summed E-state index contributed by atoms with van der Waals surface area (Å²) in [5.41, 5.74) is 1.94. The first-order valence-electron chi connectivity index (χ1n) is 6.13. The van der Waals surface area contributed by atoms with Gasteiger partial charge in [-0.25, -0.2) is 4.79 Å². The van der Waals surface area contributed by atoms with Crippen molar-refractivity contribution in [2.75, 3.05) is 7.11 Å². The van der Waals surface area contributed by atoms with E-state index in [4.69, 9.17) is 10.00 Å². The number of esters is 1. The fourth-order valence-corrected chi connectivity index (χ4v) is 2.20. The van der Waals surface area contributed by atoms with Crippen molar-refractivity contribution in [3.8, 4) is 11.8 Å². The van der Waals surface area contributed by atoms with E-state index in [0.717, 1.165) is 10.0 Å². The Morgan fingerprint density at radius 1 is 1.24 bits per heavy atom. The SMILES string of the molecule is COC(=O)c1ccc(COc2cc(Br)cc(C#N)c2)cc1. The van der Waals surface area contributed by atoms with Crippen molar-refractivity contribution in [2.24, 2.45) is 0 Å². The van der Waals surface area contributed by atoms with Crippen molar-refractivity contribution < 1.29 is 14.3 Å². The minimum atomic E-state index is -0.367. The van der Waals surface area contributed by atoms with Crippen molar-refractivity contribution in [1.29, 1.82) is 5.26 Å². The van der Waals surface area contributed by atoms with Crippen LogP contribution in [0.1, 0.15) is 21.5 Å². The Kier molecular flexibility index (Phi) is 4.96. The number of benzene rings is 2. The zero-order valence-electron chi connectivity index (χ0n) is 11.3. The van der Waals surface area contributed by atoms with Crippen LogP contribution in [0.25, 0.3) is 0 Å². The van der Waals surface area contributed by atoms with Gasteiger partial charge in [0, 0.05) is 4.47 Å². The standard InChI is InChI=1S/C16H12BrNO3/c1-20-16(19)13-4-2-11(3-5-13)10-21-15-7-12(9-18)6-14(17)8-15/h2-8H,10H2,1H3. The zero-order chi connectivity index (χ0) is 15.2. The van der Waals surface area contributed by atoms with Crippen LogP contribution in [0.2, 0.25) is 0 Å². The lowest BCUT2D eigenvalue weighted by molar-refractivity contribution is 0.0600. The maximum Gasteiger partial charge on any atom is 0.337 e. The third-order valence-electron chi connectivity index (χ3n) is 2.78. The number of carbonyl (C=O) groups excluding carboxylic acids is 1. The predicted octanol–water partition coefficient (Wildman–Crippen LogP) is 3.69. The molecular weight excluding hydrogens is 334 g/mol. The van der Waals surface area contributed by atoms with Crippen molar-refractivity contribution >= 4 is 21.9 Å². The van der Waals surface area contributed by atoms with Gasteiger partial charge >= 0.3 is 5.97 Å². The van der Waals surface area contributed by atoms with Crippen molar-refractivity contribution in [3.63, 3.8) is 0 Å². The Hall–Kier alpha value is -2.32. The van der Waals surface area contributed by atoms with E-state index in [9.17, 15) is 4.79 Å². The molecule has 5 heteroatoms. The molecular formula is C16H12BrNO3. The van der Waals surface area contributed by atoms with Crippen LogP contribution in [0.3, 0.4) is 0 Å². The quantitative estimate of drug-likeness (QED) is 0.793. The molecule has 0 radical (unpaired) electrons. The number of rotatable bonds is 4. The monoisotopic (exact) mass is 345 g/mol. The Morgan fingerprint density at radius 2 is 1.95 bits per heavy atom. The maximum absolute atomic E-state index is 11.3. The molecule has 2 aromatic carbocycles. The van der Waals surface area contributed by atoms with E-state index in [0.29, 0.717) is 23.5 Å². The summed E-state index contributed by atoms with van der Waals surface area (Å²) in [4.78, 5) is 11.3. The van der Waals surface area contributed by atoms with E-state index in [1.807, 2.05) is 0 Å². The van der Waals surface area contributed by atoms with E-state index in [2.05, 4.69) is 26.7 Å². The number of ether oxygens (including phenoxy) is 2. The zero-order valence-corrected chi connectivity index (χ0v) is 12.9. The third-order valence-corrected chi connectivity index (χ3v) is 3.24. The summed E-state index contributed by atoms with van der Waals surface area (Å²) in [6.07, 6.45) is 0. The van der Waals surface area contributed by atoms with Crippen LogP contribution in [-0.4, -0.2) is 13.1 Å². The fourth-order valence-electron chi connectivity index (χ4n) is 1.73. The molecule has 0 aliphatic rings. The summed E-state index contributed by atoms with van der Waals surface area (Å²) in [6, 6.07) is 14.2. The van der Waals surface area contributed by atoms with Crippen LogP contribution in [-0.2, 0) is 11.3 Å². The van der Waals surface area contributed by atoms with Gasteiger partial charge in [-0.05, 0) is 35.9 Å². The molecule has 0 spiro atoms. The summed E-state index contributed by atoms with van der Waals surface area (Å²) in [5, 5.41) is 8.91. The number of methoxy groups -OCH3 is 1. The van der Waals surface area contributed by atoms with E-state index >= 15 is 0 Å². The fraction of sp³-hybridized carbons (Fsp3) is 0.125. The van der Waals surface area contributed by atoms with Crippen LogP contribution in [0.15, 0.2) is 46.9 Å². The molecule has 0 atom stereocenters. The summed E-state index contributed by atoms with van der Waals surface area (Å²) < 4.78 is 11.1. The molecule has 0 aliphatic heterocycles. The largest absolute Gasteiger partial charge is 0.489 e. The van der Waals surface area contributed by atoms with Gasteiger partial charge in [0.15, 0.2) is 0 Å². The Labute approximate surface area is 131 Å². The Bertz CT molecular complexity index is 690. The highest BCUT2D eigenvalue weighted by Crippen LogP contribution is 2.22. The Morgan fingerprint density at radius 3 is 2.57 bits per heavy atom. The minimum absolute atomic E-state index is 0.350. The van der Waals surface area contributed by atoms with Crippen molar-refractivity contribution in [3.05, 3.63) is 63.6 Å². The number of nitrogens with zero attached hydrogens (tertiary/aromatic N) is 1. The topological polar surface area (TPSA) is 59.3 Å². The normalized spacial score (nSPS) is 9.76. The highest BCUT2D eigenvalue weighted by atomic mass is 79.9. The molecule has 0 saturated heterocycles. The molecule has 0 N–H and O–H groups in total. The highest BCUT2D eigenvalue weighted by molar-refractivity contribution is 9.10. The van der Waals surface area contributed by atoms with Gasteiger partial charge in [0.1, 0.15) is 12.4 Å². The second kappa shape index (κ2) is 6.91. The third kappa shape index (κ3) is 4.07. The molecule has 2 aromatic rings. The summed E-state index contributed by atoms with van der Waals surface area (Å²) in [6.45, 7) is 0.350. The lowest BCUT2D eigenvalue weighted by Crippen LogP contribution is -2.02. The molecule has 106 valence electrons. The number of hydrogen-bond acceptors (Lipinski definition) is 4. The van der Waals surface area contributed by atoms with Gasteiger partial charge < -0.3 is 9.47 Å². The molecule has 0 amide bonds.